The van der Waals surface area contributed by atoms with Gasteiger partial charge in [-0.1, -0.05) is 222 Å². The zero-order chi connectivity index (χ0) is 50.0. The lowest BCUT2D eigenvalue weighted by molar-refractivity contribution is -0.166. The third-order valence-corrected chi connectivity index (χ3v) is 9.99. The Hall–Kier alpha value is -5.49. The van der Waals surface area contributed by atoms with E-state index in [0.717, 1.165) is 122 Å². The van der Waals surface area contributed by atoms with Crippen LogP contribution in [0, 0.1) is 0 Å². The second kappa shape index (κ2) is 55.1. The molecule has 0 aliphatic heterocycles. The highest BCUT2D eigenvalue weighted by Gasteiger charge is 2.19. The molecule has 0 amide bonds. The van der Waals surface area contributed by atoms with Crippen molar-refractivity contribution < 1.29 is 28.6 Å². The first-order valence-electron chi connectivity index (χ1n) is 26.3. The van der Waals surface area contributed by atoms with Crippen LogP contribution in [0.3, 0.4) is 0 Å². The molecule has 0 saturated heterocycles. The van der Waals surface area contributed by atoms with Gasteiger partial charge in [-0.25, -0.2) is 0 Å². The Morgan fingerprint density at radius 3 is 1.10 bits per heavy atom. The average molecular weight is 945 g/mol. The van der Waals surface area contributed by atoms with Gasteiger partial charge in [0, 0.05) is 19.3 Å². The van der Waals surface area contributed by atoms with Crippen LogP contribution < -0.4 is 0 Å². The SMILES string of the molecule is CC\C=C/C=C\C=C/C=C\CCCCCCCC(=O)OCC(COC(=O)CC/C=C\C/C=C\C/C=C\C/C=C\C/C=C\C/C=C\CC)OC(=O)CCC/C=C\C/C=C\C/C=C\C/C=C\C/C=C\CC. The molecule has 0 aromatic rings. The quantitative estimate of drug-likeness (QED) is 0.0199. The molecule has 1 atom stereocenters. The number of allylic oxidation sites excluding steroid dienone is 30. The highest BCUT2D eigenvalue weighted by molar-refractivity contribution is 5.71. The van der Waals surface area contributed by atoms with Gasteiger partial charge in [-0.15, -0.1) is 0 Å². The van der Waals surface area contributed by atoms with E-state index < -0.39 is 12.1 Å². The molecule has 0 aliphatic rings. The Labute approximate surface area is 421 Å². The Bertz CT molecular complexity index is 1700. The fourth-order valence-corrected chi connectivity index (χ4v) is 6.16. The van der Waals surface area contributed by atoms with Crippen molar-refractivity contribution in [2.75, 3.05) is 13.2 Å². The summed E-state index contributed by atoms with van der Waals surface area (Å²) in [5.41, 5.74) is 0. The molecule has 0 aromatic carbocycles. The van der Waals surface area contributed by atoms with Crippen LogP contribution in [-0.2, 0) is 28.6 Å². The van der Waals surface area contributed by atoms with E-state index in [-0.39, 0.29) is 38.0 Å². The van der Waals surface area contributed by atoms with Crippen LogP contribution in [0.25, 0.3) is 0 Å². The summed E-state index contributed by atoms with van der Waals surface area (Å²) in [7, 11) is 0. The number of carbonyl (C=O) groups is 3. The molecule has 0 rings (SSSR count). The maximum Gasteiger partial charge on any atom is 0.306 e. The molecule has 0 spiro atoms. The molecule has 6 nitrogen and oxygen atoms in total. The topological polar surface area (TPSA) is 78.9 Å². The Morgan fingerprint density at radius 2 is 0.638 bits per heavy atom. The van der Waals surface area contributed by atoms with Crippen LogP contribution >= 0.6 is 0 Å². The standard InChI is InChI=1S/C63H92O6/c1-4-7-10-13-16-19-22-25-28-30-31-33-35-38-41-44-47-50-53-56-62(65)68-59-60(58-67-61(64)55-52-49-46-43-40-37-34-27-24-21-18-15-12-9-6-3)69-63(66)57-54-51-48-45-42-39-36-32-29-26-23-20-17-14-11-8-5-2/h7-12,15-21,24-29,31,33-34,36,38-39,41,45,47-48,50,60H,4-6,13-14,22-23,30,32,35,37,40,42-44,46,49,51-59H2,1-3H3/b10-7-,11-8-,12-9-,18-15-,19-16-,20-17-,24-21-,28-25-,29-26-,33-31-,34-27-,39-36-,41-38-,48-45-,50-47-. The molecule has 0 aliphatic carbocycles. The zero-order valence-electron chi connectivity index (χ0n) is 43.2. The minimum Gasteiger partial charge on any atom is -0.462 e. The third-order valence-electron chi connectivity index (χ3n) is 9.99. The maximum atomic E-state index is 12.8. The van der Waals surface area contributed by atoms with Crippen LogP contribution in [0.1, 0.15) is 175 Å². The van der Waals surface area contributed by atoms with E-state index in [1.807, 2.05) is 36.5 Å². The molecular weight excluding hydrogens is 853 g/mol. The maximum absolute atomic E-state index is 12.8. The van der Waals surface area contributed by atoms with Gasteiger partial charge in [0.15, 0.2) is 6.10 Å². The van der Waals surface area contributed by atoms with Crippen molar-refractivity contribution in [1.29, 1.82) is 0 Å². The Kier molecular flexibility index (Phi) is 50.7. The molecule has 380 valence electrons. The lowest BCUT2D eigenvalue weighted by Crippen LogP contribution is -2.30. The molecule has 0 heterocycles. The summed E-state index contributed by atoms with van der Waals surface area (Å²) in [6.45, 7) is 6.10. The van der Waals surface area contributed by atoms with E-state index in [1.54, 1.807) is 0 Å². The van der Waals surface area contributed by atoms with E-state index in [4.69, 9.17) is 14.2 Å². The fraction of sp³-hybridized carbons (Fsp3) is 0.476. The zero-order valence-corrected chi connectivity index (χ0v) is 43.2. The monoisotopic (exact) mass is 945 g/mol. The van der Waals surface area contributed by atoms with Crippen molar-refractivity contribution in [3.8, 4) is 0 Å². The number of ether oxygens (including phenoxy) is 3. The van der Waals surface area contributed by atoms with Crippen molar-refractivity contribution in [3.63, 3.8) is 0 Å². The summed E-state index contributed by atoms with van der Waals surface area (Å²) in [5.74, 6) is -1.13. The number of carbonyl (C=O) groups excluding carboxylic acids is 3. The van der Waals surface area contributed by atoms with Gasteiger partial charge >= 0.3 is 17.9 Å². The summed E-state index contributed by atoms with van der Waals surface area (Å²) in [4.78, 5) is 38.0. The minimum absolute atomic E-state index is 0.147. The van der Waals surface area contributed by atoms with Gasteiger partial charge < -0.3 is 14.2 Å². The van der Waals surface area contributed by atoms with Crippen molar-refractivity contribution in [1.82, 2.24) is 0 Å². The molecule has 0 fully saturated rings. The van der Waals surface area contributed by atoms with Crippen LogP contribution in [0.5, 0.6) is 0 Å². The molecule has 0 radical (unpaired) electrons. The number of unbranched alkanes of at least 4 members (excludes halogenated alkanes) is 6. The number of esters is 3. The Morgan fingerprint density at radius 1 is 0.304 bits per heavy atom. The van der Waals surface area contributed by atoms with E-state index in [0.29, 0.717) is 19.3 Å². The third kappa shape index (κ3) is 53.3. The van der Waals surface area contributed by atoms with Crippen molar-refractivity contribution in [2.24, 2.45) is 0 Å². The van der Waals surface area contributed by atoms with Crippen LogP contribution in [0.15, 0.2) is 182 Å². The predicted molar refractivity (Wildman–Crippen MR) is 297 cm³/mol. The molecule has 69 heavy (non-hydrogen) atoms. The number of hydrogen-bond donors (Lipinski definition) is 0. The van der Waals surface area contributed by atoms with E-state index in [9.17, 15) is 14.4 Å². The van der Waals surface area contributed by atoms with Gasteiger partial charge in [0.05, 0.1) is 0 Å². The number of rotatable bonds is 44. The average Bonchev–Trinajstić information content (AvgIpc) is 3.35. The van der Waals surface area contributed by atoms with Gasteiger partial charge in [0.25, 0.3) is 0 Å². The van der Waals surface area contributed by atoms with Crippen LogP contribution in [-0.4, -0.2) is 37.2 Å². The molecule has 0 saturated carbocycles. The van der Waals surface area contributed by atoms with Crippen LogP contribution in [0.2, 0.25) is 0 Å². The van der Waals surface area contributed by atoms with Crippen molar-refractivity contribution in [2.45, 2.75) is 181 Å². The van der Waals surface area contributed by atoms with Gasteiger partial charge in [-0.05, 0) is 116 Å². The molecule has 6 heteroatoms. The van der Waals surface area contributed by atoms with Crippen molar-refractivity contribution >= 4 is 17.9 Å². The molecule has 1 unspecified atom stereocenters. The van der Waals surface area contributed by atoms with Crippen molar-refractivity contribution in [3.05, 3.63) is 182 Å². The normalized spacial score (nSPS) is 13.6. The second-order valence-corrected chi connectivity index (χ2v) is 16.4. The lowest BCUT2D eigenvalue weighted by atomic mass is 10.1. The number of hydrogen-bond acceptors (Lipinski definition) is 6. The fourth-order valence-electron chi connectivity index (χ4n) is 6.16. The summed E-state index contributed by atoms with van der Waals surface area (Å²) in [6, 6.07) is 0. The van der Waals surface area contributed by atoms with E-state index in [1.165, 1.54) is 0 Å². The van der Waals surface area contributed by atoms with Gasteiger partial charge in [-0.2, -0.15) is 0 Å². The van der Waals surface area contributed by atoms with Crippen LogP contribution in [0.4, 0.5) is 0 Å². The molecule has 0 aromatic heterocycles. The smallest absolute Gasteiger partial charge is 0.306 e. The highest BCUT2D eigenvalue weighted by Crippen LogP contribution is 2.10. The first-order chi connectivity index (χ1) is 34.0. The first-order valence-corrected chi connectivity index (χ1v) is 26.3. The minimum atomic E-state index is -0.859. The van der Waals surface area contributed by atoms with Gasteiger partial charge in [0.1, 0.15) is 13.2 Å². The second-order valence-electron chi connectivity index (χ2n) is 16.4. The van der Waals surface area contributed by atoms with Gasteiger partial charge in [-0.3, -0.25) is 14.4 Å². The first kappa shape index (κ1) is 63.5. The molecular formula is C63H92O6. The largest absolute Gasteiger partial charge is 0.462 e. The lowest BCUT2D eigenvalue weighted by Gasteiger charge is -2.18. The molecule has 0 N–H and O–H groups in total. The van der Waals surface area contributed by atoms with E-state index in [2.05, 4.69) is 167 Å². The van der Waals surface area contributed by atoms with E-state index >= 15 is 0 Å². The summed E-state index contributed by atoms with van der Waals surface area (Å²) in [6.07, 6.45) is 83.2. The van der Waals surface area contributed by atoms with Gasteiger partial charge in [0.2, 0.25) is 0 Å². The summed E-state index contributed by atoms with van der Waals surface area (Å²) in [5, 5.41) is 0. The summed E-state index contributed by atoms with van der Waals surface area (Å²) >= 11 is 0. The predicted octanol–water partition coefficient (Wildman–Crippen LogP) is 17.7. The Balaban J connectivity index is 4.68. The molecule has 0 bridgehead atoms. The highest BCUT2D eigenvalue weighted by atomic mass is 16.6. The summed E-state index contributed by atoms with van der Waals surface area (Å²) < 4.78 is 16.7.